The molecule has 2 aromatic heterocycles. The molecule has 1 saturated carbocycles. The van der Waals surface area contributed by atoms with Crippen LogP contribution in [0, 0.1) is 0 Å². The van der Waals surface area contributed by atoms with Gasteiger partial charge in [0.25, 0.3) is 5.56 Å². The van der Waals surface area contributed by atoms with E-state index >= 15 is 0 Å². The van der Waals surface area contributed by atoms with Gasteiger partial charge in [-0.25, -0.2) is 17.9 Å². The fourth-order valence-corrected chi connectivity index (χ4v) is 5.48. The highest BCUT2D eigenvalue weighted by molar-refractivity contribution is 7.90. The van der Waals surface area contributed by atoms with Crippen LogP contribution in [0.15, 0.2) is 45.1 Å². The summed E-state index contributed by atoms with van der Waals surface area (Å²) < 4.78 is 44.0. The van der Waals surface area contributed by atoms with E-state index in [4.69, 9.17) is 0 Å². The number of fused-ring (bicyclic) bond motifs is 1. The molecule has 3 aromatic rings. The minimum absolute atomic E-state index is 0.00996. The molecule has 10 nitrogen and oxygen atoms in total. The second kappa shape index (κ2) is 8.18. The van der Waals surface area contributed by atoms with Gasteiger partial charge in [-0.3, -0.25) is 18.6 Å². The molecule has 2 heterocycles. The van der Waals surface area contributed by atoms with Crippen molar-refractivity contribution >= 4 is 32.1 Å². The summed E-state index contributed by atoms with van der Waals surface area (Å²) in [4.78, 5) is 26.4. The zero-order valence-electron chi connectivity index (χ0n) is 18.1. The monoisotopic (exact) mass is 479 g/mol. The molecule has 1 aromatic carbocycles. The number of rotatable bonds is 8. The molecule has 0 radical (unpaired) electrons. The fourth-order valence-electron chi connectivity index (χ4n) is 3.55. The molecule has 0 saturated heterocycles. The Kier molecular flexibility index (Phi) is 5.82. The zero-order chi connectivity index (χ0) is 23.3. The van der Waals surface area contributed by atoms with Crippen LogP contribution in [-0.4, -0.2) is 49.4 Å². The van der Waals surface area contributed by atoms with Crippen molar-refractivity contribution in [1.82, 2.24) is 23.6 Å². The first kappa shape index (κ1) is 22.8. The van der Waals surface area contributed by atoms with Crippen molar-refractivity contribution in [3.8, 4) is 0 Å². The van der Waals surface area contributed by atoms with E-state index in [0.29, 0.717) is 11.1 Å². The van der Waals surface area contributed by atoms with E-state index in [1.54, 1.807) is 24.1 Å². The summed E-state index contributed by atoms with van der Waals surface area (Å²) in [7, 11) is -2.10. The third-order valence-electron chi connectivity index (χ3n) is 5.59. The van der Waals surface area contributed by atoms with Crippen LogP contribution < -0.4 is 16.0 Å². The lowest BCUT2D eigenvalue weighted by molar-refractivity contribution is 0.558. The summed E-state index contributed by atoms with van der Waals surface area (Å²) in [5.41, 5.74) is -0.625. The Morgan fingerprint density at radius 2 is 1.97 bits per heavy atom. The lowest BCUT2D eigenvalue weighted by Crippen LogP contribution is -2.41. The van der Waals surface area contributed by atoms with E-state index in [0.717, 1.165) is 17.4 Å². The first-order valence-corrected chi connectivity index (χ1v) is 13.3. The van der Waals surface area contributed by atoms with E-state index in [9.17, 15) is 22.6 Å². The van der Waals surface area contributed by atoms with E-state index in [1.165, 1.54) is 29.0 Å². The minimum Gasteiger partial charge on any atom is -0.617 e. The van der Waals surface area contributed by atoms with Gasteiger partial charge in [0, 0.05) is 24.3 Å². The topological polar surface area (TPSA) is 131 Å². The van der Waals surface area contributed by atoms with Crippen LogP contribution in [0.25, 0.3) is 10.9 Å². The molecule has 0 spiro atoms. The van der Waals surface area contributed by atoms with Gasteiger partial charge >= 0.3 is 5.69 Å². The molecule has 0 amide bonds. The van der Waals surface area contributed by atoms with Crippen molar-refractivity contribution in [3.63, 3.8) is 0 Å². The van der Waals surface area contributed by atoms with E-state index in [1.807, 2.05) is 6.92 Å². The van der Waals surface area contributed by atoms with Gasteiger partial charge in [-0.15, -0.1) is 0 Å². The summed E-state index contributed by atoms with van der Waals surface area (Å²) >= 11 is -1.15. The van der Waals surface area contributed by atoms with Gasteiger partial charge in [0.1, 0.15) is 5.75 Å². The molecule has 1 fully saturated rings. The average molecular weight is 480 g/mol. The van der Waals surface area contributed by atoms with Crippen molar-refractivity contribution in [2.75, 3.05) is 12.0 Å². The van der Waals surface area contributed by atoms with Crippen LogP contribution in [0.1, 0.15) is 25.3 Å². The number of hydrogen-bond acceptors (Lipinski definition) is 6. The summed E-state index contributed by atoms with van der Waals surface area (Å²) in [6, 6.07) is 4.17. The predicted molar refractivity (Wildman–Crippen MR) is 122 cm³/mol. The van der Waals surface area contributed by atoms with Crippen molar-refractivity contribution in [2.45, 2.75) is 43.3 Å². The third-order valence-corrected chi connectivity index (χ3v) is 7.98. The molecule has 12 heteroatoms. The Balaban J connectivity index is 1.88. The lowest BCUT2D eigenvalue weighted by atomic mass is 10.2. The highest BCUT2D eigenvalue weighted by atomic mass is 32.2. The maximum Gasteiger partial charge on any atom is 0.331 e. The van der Waals surface area contributed by atoms with Gasteiger partial charge in [-0.05, 0) is 38.0 Å². The molecule has 0 bridgehead atoms. The Morgan fingerprint density at radius 3 is 2.56 bits per heavy atom. The van der Waals surface area contributed by atoms with Crippen LogP contribution in [0.2, 0.25) is 0 Å². The molecule has 0 aliphatic heterocycles. The predicted octanol–water partition coefficient (Wildman–Crippen LogP) is 0.154. The largest absolute Gasteiger partial charge is 0.617 e. The van der Waals surface area contributed by atoms with Crippen molar-refractivity contribution in [3.05, 3.63) is 57.0 Å². The van der Waals surface area contributed by atoms with Crippen LogP contribution in [0.3, 0.4) is 0 Å². The number of sulfonamides is 1. The highest BCUT2D eigenvalue weighted by Gasteiger charge is 2.41. The maximum atomic E-state index is 13.3. The van der Waals surface area contributed by atoms with E-state index < -0.39 is 38.0 Å². The normalized spacial score (nSPS) is 16.4. The second-order valence-corrected chi connectivity index (χ2v) is 11.7. The first-order valence-electron chi connectivity index (χ1n) is 10.1. The molecule has 4 rings (SSSR count). The number of benzene rings is 1. The van der Waals surface area contributed by atoms with Gasteiger partial charge < -0.3 is 4.55 Å². The summed E-state index contributed by atoms with van der Waals surface area (Å²) in [6.45, 7) is 1.95. The average Bonchev–Trinajstić information content (AvgIpc) is 3.28. The van der Waals surface area contributed by atoms with Crippen LogP contribution in [0.5, 0.6) is 0 Å². The van der Waals surface area contributed by atoms with E-state index in [2.05, 4.69) is 9.82 Å². The molecular weight excluding hydrogens is 454 g/mol. The summed E-state index contributed by atoms with van der Waals surface area (Å²) in [5.74, 6) is 0.222. The fraction of sp³-hybridized carbons (Fsp3) is 0.450. The molecule has 1 N–H and O–H groups in total. The van der Waals surface area contributed by atoms with Gasteiger partial charge in [0.2, 0.25) is 10.0 Å². The SMILES string of the molecule is Cn1cc(Cn2c(=O)c3cc(S(=O)(=O)NC4(C)CC4)ccc3n(CC[S+](C)[O-])c2=O)cn1. The van der Waals surface area contributed by atoms with Crippen LogP contribution in [0.4, 0.5) is 0 Å². The minimum atomic E-state index is -3.83. The second-order valence-electron chi connectivity index (χ2n) is 8.47. The molecule has 172 valence electrons. The standard InChI is InChI=1S/C20H25N5O5S2/c1-20(6-7-20)22-32(29,30)15-4-5-17-16(10-15)18(26)25(13-14-11-21-23(2)12-14)19(27)24(17)8-9-31(3)28/h4-5,10-12,22H,6-9,13H2,1-3H3. The zero-order valence-corrected chi connectivity index (χ0v) is 19.7. The molecule has 1 unspecified atom stereocenters. The quantitative estimate of drug-likeness (QED) is 0.458. The van der Waals surface area contributed by atoms with Crippen molar-refractivity contribution < 1.29 is 13.0 Å². The Bertz CT molecular complexity index is 1400. The molecular formula is C20H25N5O5S2. The number of nitrogens with zero attached hydrogens (tertiary/aromatic N) is 4. The molecule has 1 aliphatic rings. The van der Waals surface area contributed by atoms with Gasteiger partial charge in [-0.2, -0.15) is 5.10 Å². The number of aromatic nitrogens is 4. The summed E-state index contributed by atoms with van der Waals surface area (Å²) in [5, 5.41) is 4.18. The van der Waals surface area contributed by atoms with E-state index in [-0.39, 0.29) is 29.1 Å². The van der Waals surface area contributed by atoms with Crippen molar-refractivity contribution in [1.29, 1.82) is 0 Å². The number of hydrogen-bond donors (Lipinski definition) is 1. The first-order chi connectivity index (χ1) is 15.0. The van der Waals surface area contributed by atoms with Crippen LogP contribution in [-0.2, 0) is 41.3 Å². The Morgan fingerprint density at radius 1 is 1.25 bits per heavy atom. The van der Waals surface area contributed by atoms with Gasteiger partial charge in [-0.1, -0.05) is 11.2 Å². The Labute approximate surface area is 188 Å². The highest BCUT2D eigenvalue weighted by Crippen LogP contribution is 2.36. The number of nitrogens with one attached hydrogen (secondary N) is 1. The molecule has 32 heavy (non-hydrogen) atoms. The maximum absolute atomic E-state index is 13.3. The summed E-state index contributed by atoms with van der Waals surface area (Å²) in [6.07, 6.45) is 6.30. The van der Waals surface area contributed by atoms with Crippen LogP contribution >= 0.6 is 0 Å². The smallest absolute Gasteiger partial charge is 0.331 e. The lowest BCUT2D eigenvalue weighted by Gasteiger charge is -2.16. The third kappa shape index (κ3) is 4.53. The molecule has 1 aliphatic carbocycles. The number of aryl methyl sites for hydroxylation is 2. The Hall–Kier alpha value is -2.41. The van der Waals surface area contributed by atoms with Gasteiger partial charge in [0.05, 0.1) is 41.3 Å². The molecule has 1 atom stereocenters. The van der Waals surface area contributed by atoms with Crippen molar-refractivity contribution in [2.24, 2.45) is 7.05 Å². The van der Waals surface area contributed by atoms with Gasteiger partial charge in [0.15, 0.2) is 0 Å².